The minimum Gasteiger partial charge on any atom is -0.467 e. The van der Waals surface area contributed by atoms with Gasteiger partial charge >= 0.3 is 0 Å². The van der Waals surface area contributed by atoms with E-state index in [1.165, 1.54) is 0 Å². The van der Waals surface area contributed by atoms with Crippen molar-refractivity contribution in [3.63, 3.8) is 0 Å². The molecule has 4 atom stereocenters. The van der Waals surface area contributed by atoms with Crippen LogP contribution in [-0.4, -0.2) is 29.0 Å². The number of hydrogen-bond acceptors (Lipinski definition) is 3. The van der Waals surface area contributed by atoms with Crippen molar-refractivity contribution in [2.24, 2.45) is 11.8 Å². The monoisotopic (exact) mass is 402 g/mol. The normalized spacial score (nSPS) is 29.3. The Labute approximate surface area is 176 Å². The van der Waals surface area contributed by atoms with Gasteiger partial charge in [0.15, 0.2) is 5.72 Å². The predicted molar refractivity (Wildman–Crippen MR) is 115 cm³/mol. The molecule has 2 bridgehead atoms. The van der Waals surface area contributed by atoms with Crippen LogP contribution in [0.15, 0.2) is 67.3 Å². The third-order valence-corrected chi connectivity index (χ3v) is 6.86. The van der Waals surface area contributed by atoms with Gasteiger partial charge in [-0.05, 0) is 36.6 Å². The minimum absolute atomic E-state index is 0.0883. The van der Waals surface area contributed by atoms with Crippen LogP contribution in [-0.2, 0) is 9.59 Å². The zero-order chi connectivity index (χ0) is 20.7. The van der Waals surface area contributed by atoms with E-state index in [2.05, 4.69) is 11.9 Å². The first-order valence-corrected chi connectivity index (χ1v) is 10.7. The minimum atomic E-state index is -0.786. The summed E-state index contributed by atoms with van der Waals surface area (Å²) in [5.74, 6) is -0.508. The third kappa shape index (κ3) is 2.76. The lowest BCUT2D eigenvalue weighted by atomic mass is 9.61. The second kappa shape index (κ2) is 7.31. The number of para-hydroxylation sites is 2. The molecule has 1 saturated heterocycles. The maximum Gasteiger partial charge on any atom is 0.239 e. The molecule has 5 nitrogen and oxygen atoms in total. The Bertz CT molecular complexity index is 989. The molecule has 2 amide bonds. The van der Waals surface area contributed by atoms with Crippen LogP contribution in [0.3, 0.4) is 0 Å². The van der Waals surface area contributed by atoms with Gasteiger partial charge in [-0.2, -0.15) is 0 Å². The highest BCUT2D eigenvalue weighted by Gasteiger charge is 2.64. The Balaban J connectivity index is 1.63. The van der Waals surface area contributed by atoms with Crippen molar-refractivity contribution < 1.29 is 14.3 Å². The van der Waals surface area contributed by atoms with Crippen LogP contribution in [0.4, 0.5) is 5.69 Å². The molecule has 0 spiro atoms. The molecule has 0 aromatic heterocycles. The van der Waals surface area contributed by atoms with Gasteiger partial charge in [0.25, 0.3) is 0 Å². The van der Waals surface area contributed by atoms with Crippen LogP contribution in [0, 0.1) is 11.8 Å². The van der Waals surface area contributed by atoms with Crippen LogP contribution in [0.25, 0.3) is 0 Å². The first-order valence-electron chi connectivity index (χ1n) is 10.7. The number of carbonyl (C=O) groups is 2. The number of ether oxygens (including phenoxy) is 1. The molecule has 1 saturated carbocycles. The first kappa shape index (κ1) is 18.9. The Morgan fingerprint density at radius 1 is 1.17 bits per heavy atom. The van der Waals surface area contributed by atoms with Gasteiger partial charge in [0, 0.05) is 30.5 Å². The van der Waals surface area contributed by atoms with E-state index in [4.69, 9.17) is 4.74 Å². The van der Waals surface area contributed by atoms with Crippen LogP contribution < -0.4 is 10.1 Å². The summed E-state index contributed by atoms with van der Waals surface area (Å²) in [4.78, 5) is 29.0. The number of hydrogen-bond donors (Lipinski definition) is 1. The number of amides is 2. The predicted octanol–water partition coefficient (Wildman–Crippen LogP) is 4.33. The van der Waals surface area contributed by atoms with Crippen molar-refractivity contribution in [1.29, 1.82) is 0 Å². The van der Waals surface area contributed by atoms with Crippen LogP contribution >= 0.6 is 0 Å². The summed E-state index contributed by atoms with van der Waals surface area (Å²) in [5, 5.41) is 2.98. The molecule has 2 heterocycles. The Hall–Kier alpha value is -3.08. The highest BCUT2D eigenvalue weighted by atomic mass is 16.5. The molecule has 154 valence electrons. The van der Waals surface area contributed by atoms with Gasteiger partial charge in [0.05, 0.1) is 0 Å². The molecule has 2 aromatic carbocycles. The van der Waals surface area contributed by atoms with Crippen molar-refractivity contribution in [1.82, 2.24) is 4.90 Å². The molecule has 1 aliphatic carbocycles. The van der Waals surface area contributed by atoms with E-state index in [1.54, 1.807) is 11.0 Å². The third-order valence-electron chi connectivity index (χ3n) is 6.86. The molecule has 5 rings (SSSR count). The average molecular weight is 402 g/mol. The molecule has 5 heteroatoms. The summed E-state index contributed by atoms with van der Waals surface area (Å²) in [6.07, 6.45) is 5.55. The van der Waals surface area contributed by atoms with Crippen molar-refractivity contribution in [2.45, 2.75) is 37.3 Å². The lowest BCUT2D eigenvalue weighted by Crippen LogP contribution is -2.71. The van der Waals surface area contributed by atoms with Crippen LogP contribution in [0.1, 0.15) is 37.2 Å². The first-order chi connectivity index (χ1) is 14.7. The Kier molecular flexibility index (Phi) is 4.61. The maximum atomic E-state index is 13.8. The summed E-state index contributed by atoms with van der Waals surface area (Å²) in [7, 11) is 0. The van der Waals surface area contributed by atoms with Crippen molar-refractivity contribution >= 4 is 17.5 Å². The summed E-state index contributed by atoms with van der Waals surface area (Å²) in [5.41, 5.74) is 0.984. The number of nitrogens with one attached hydrogen (secondary N) is 1. The molecule has 0 unspecified atom stereocenters. The van der Waals surface area contributed by atoms with E-state index in [-0.39, 0.29) is 23.7 Å². The van der Waals surface area contributed by atoms with Crippen molar-refractivity contribution in [3.05, 3.63) is 72.8 Å². The van der Waals surface area contributed by atoms with Gasteiger partial charge in [-0.25, -0.2) is 0 Å². The largest absolute Gasteiger partial charge is 0.467 e. The summed E-state index contributed by atoms with van der Waals surface area (Å²) < 4.78 is 6.60. The second-order valence-corrected chi connectivity index (χ2v) is 8.43. The van der Waals surface area contributed by atoms with Gasteiger partial charge < -0.3 is 10.1 Å². The number of rotatable bonds is 4. The van der Waals surface area contributed by atoms with Gasteiger partial charge in [-0.15, -0.1) is 6.58 Å². The van der Waals surface area contributed by atoms with Crippen molar-refractivity contribution in [2.75, 3.05) is 11.9 Å². The summed E-state index contributed by atoms with van der Waals surface area (Å²) in [6, 6.07) is 17.2. The number of piperidine rings is 1. The second-order valence-electron chi connectivity index (χ2n) is 8.43. The Morgan fingerprint density at radius 2 is 1.93 bits per heavy atom. The highest BCUT2D eigenvalue weighted by molar-refractivity contribution is 6.08. The van der Waals surface area contributed by atoms with E-state index in [1.807, 2.05) is 54.6 Å². The number of anilines is 1. The molecule has 3 aliphatic rings. The zero-order valence-electron chi connectivity index (χ0n) is 16.9. The topological polar surface area (TPSA) is 58.6 Å². The lowest BCUT2D eigenvalue weighted by Gasteiger charge is -2.60. The fourth-order valence-corrected chi connectivity index (χ4v) is 5.70. The van der Waals surface area contributed by atoms with Crippen LogP contribution in [0.2, 0.25) is 0 Å². The van der Waals surface area contributed by atoms with Gasteiger partial charge in [0.2, 0.25) is 11.8 Å². The SMILES string of the molecule is C=CCN1C(=O)[C@@H](C(=O)Nc2ccccc2)[C@H]2c3ccccc3O[C@@]13CCCC[C@H]23. The van der Waals surface area contributed by atoms with Crippen molar-refractivity contribution in [3.8, 4) is 5.75 Å². The van der Waals surface area contributed by atoms with E-state index in [0.29, 0.717) is 12.2 Å². The summed E-state index contributed by atoms with van der Waals surface area (Å²) >= 11 is 0. The average Bonchev–Trinajstić information content (AvgIpc) is 2.77. The fourth-order valence-electron chi connectivity index (χ4n) is 5.70. The standard InChI is InChI=1S/C25H26N2O3/c1-2-16-27-24(29)22(23(28)26-17-10-4-3-5-11-17)21-18-12-6-7-14-20(18)30-25(27)15-9-8-13-19(21)25/h2-7,10-12,14,19,21-22H,1,8-9,13,15-16H2,(H,26,28)/t19-,21+,22-,25-/m1/s1. The number of benzene rings is 2. The van der Waals surface area contributed by atoms with Crippen LogP contribution in [0.5, 0.6) is 5.75 Å². The quantitative estimate of drug-likeness (QED) is 0.612. The van der Waals surface area contributed by atoms with E-state index >= 15 is 0 Å². The number of carbonyl (C=O) groups excluding carboxylic acids is 2. The van der Waals surface area contributed by atoms with Gasteiger partial charge in [-0.3, -0.25) is 14.5 Å². The fraction of sp³-hybridized carbons (Fsp3) is 0.360. The molecule has 1 N–H and O–H groups in total. The molecule has 2 aromatic rings. The smallest absolute Gasteiger partial charge is 0.239 e. The maximum absolute atomic E-state index is 13.8. The van der Waals surface area contributed by atoms with Gasteiger partial charge in [-0.1, -0.05) is 48.9 Å². The summed E-state index contributed by atoms with van der Waals surface area (Å²) in [6.45, 7) is 4.24. The number of nitrogens with zero attached hydrogens (tertiary/aromatic N) is 1. The van der Waals surface area contributed by atoms with Gasteiger partial charge in [0.1, 0.15) is 11.7 Å². The van der Waals surface area contributed by atoms with E-state index in [0.717, 1.165) is 37.0 Å². The number of fused-ring (bicyclic) bond motifs is 2. The Morgan fingerprint density at radius 3 is 2.73 bits per heavy atom. The van der Waals surface area contributed by atoms with E-state index in [9.17, 15) is 9.59 Å². The molecule has 2 fully saturated rings. The zero-order valence-corrected chi connectivity index (χ0v) is 16.9. The molecule has 30 heavy (non-hydrogen) atoms. The molecule has 2 aliphatic heterocycles. The molecular weight excluding hydrogens is 376 g/mol. The van der Waals surface area contributed by atoms with E-state index < -0.39 is 11.6 Å². The molecule has 0 radical (unpaired) electrons. The lowest BCUT2D eigenvalue weighted by molar-refractivity contribution is -0.204. The molecular formula is C25H26N2O3. The highest BCUT2D eigenvalue weighted by Crippen LogP contribution is 2.58. The number of likely N-dealkylation sites (tertiary alicyclic amines) is 1.